The van der Waals surface area contributed by atoms with E-state index >= 15 is 0 Å². The molecule has 1 N–H and O–H groups in total. The minimum absolute atomic E-state index is 0.236. The van der Waals surface area contributed by atoms with E-state index in [9.17, 15) is 4.79 Å². The van der Waals surface area contributed by atoms with Crippen molar-refractivity contribution in [1.29, 1.82) is 0 Å². The van der Waals surface area contributed by atoms with Crippen LogP contribution in [0.15, 0.2) is 36.8 Å². The number of pyridine rings is 1. The molecule has 0 fully saturated rings. The smallest absolute Gasteiger partial charge is 0.275 e. The molecule has 3 rings (SSSR count). The predicted octanol–water partition coefficient (Wildman–Crippen LogP) is 1.65. The maximum atomic E-state index is 12.3. The quantitative estimate of drug-likeness (QED) is 0.778. The molecule has 0 unspecified atom stereocenters. The lowest BCUT2D eigenvalue weighted by Gasteiger charge is -2.08. The molecule has 0 aliphatic rings. The van der Waals surface area contributed by atoms with Crippen molar-refractivity contribution in [2.45, 2.75) is 13.5 Å². The lowest BCUT2D eigenvalue weighted by Crippen LogP contribution is -2.18. The number of fused-ring (bicyclic) bond motifs is 1. The van der Waals surface area contributed by atoms with Gasteiger partial charge in [0.25, 0.3) is 5.91 Å². The molecule has 1 amide bonds. The largest absolute Gasteiger partial charge is 0.318 e. The van der Waals surface area contributed by atoms with Crippen molar-refractivity contribution in [2.24, 2.45) is 0 Å². The fourth-order valence-corrected chi connectivity index (χ4v) is 2.31. The van der Waals surface area contributed by atoms with Crippen molar-refractivity contribution in [3.05, 3.63) is 48.2 Å². The highest BCUT2D eigenvalue weighted by Crippen LogP contribution is 2.11. The average Bonchev–Trinajstić information content (AvgIpc) is 3.12. The minimum atomic E-state index is -0.236. The van der Waals surface area contributed by atoms with Crippen molar-refractivity contribution >= 4 is 17.2 Å². The summed E-state index contributed by atoms with van der Waals surface area (Å²) >= 11 is 0. The number of hydrogen-bond acceptors (Lipinski definition) is 4. The Morgan fingerprint density at radius 2 is 2.13 bits per heavy atom. The normalized spacial score (nSPS) is 11.3. The average molecular weight is 312 g/mol. The molecule has 0 saturated carbocycles. The van der Waals surface area contributed by atoms with E-state index in [1.165, 1.54) is 0 Å². The summed E-state index contributed by atoms with van der Waals surface area (Å²) in [6.07, 6.45) is 5.22. The molecule has 0 aliphatic carbocycles. The number of carbonyl (C=O) groups excluding carboxylic acids is 1. The van der Waals surface area contributed by atoms with E-state index in [0.29, 0.717) is 11.4 Å². The molecule has 7 heteroatoms. The van der Waals surface area contributed by atoms with Crippen LogP contribution in [0.2, 0.25) is 0 Å². The highest BCUT2D eigenvalue weighted by atomic mass is 16.1. The Labute approximate surface area is 134 Å². The van der Waals surface area contributed by atoms with Crippen LogP contribution >= 0.6 is 0 Å². The molecule has 3 aromatic heterocycles. The van der Waals surface area contributed by atoms with Crippen molar-refractivity contribution in [1.82, 2.24) is 24.1 Å². The van der Waals surface area contributed by atoms with Crippen LogP contribution in [-0.2, 0) is 6.54 Å². The lowest BCUT2D eigenvalue weighted by molar-refractivity contribution is 0.102. The minimum Gasteiger partial charge on any atom is -0.318 e. The standard InChI is InChI=1S/C16H20N6O/c1-12-5-4-6-15-19-14(11-22(12)15)16(23)18-13-9-17-21(10-13)8-7-20(2)3/h4-6,9-11H,7-8H2,1-3H3,(H,18,23). The summed E-state index contributed by atoms with van der Waals surface area (Å²) in [7, 11) is 4.02. The molecule has 120 valence electrons. The lowest BCUT2D eigenvalue weighted by atomic mass is 10.4. The second-order valence-electron chi connectivity index (χ2n) is 5.77. The van der Waals surface area contributed by atoms with Crippen molar-refractivity contribution in [3.8, 4) is 0 Å². The fraction of sp³-hybridized carbons (Fsp3) is 0.312. The Balaban J connectivity index is 1.72. The number of aromatic nitrogens is 4. The van der Waals surface area contributed by atoms with Crippen LogP contribution in [0.4, 0.5) is 5.69 Å². The van der Waals surface area contributed by atoms with Crippen LogP contribution in [0.25, 0.3) is 5.65 Å². The van der Waals surface area contributed by atoms with E-state index in [4.69, 9.17) is 0 Å². The Hall–Kier alpha value is -2.67. The summed E-state index contributed by atoms with van der Waals surface area (Å²) in [6, 6.07) is 5.78. The monoisotopic (exact) mass is 312 g/mol. The second kappa shape index (κ2) is 6.21. The first kappa shape index (κ1) is 15.2. The predicted molar refractivity (Wildman–Crippen MR) is 88.7 cm³/mol. The van der Waals surface area contributed by atoms with E-state index < -0.39 is 0 Å². The van der Waals surface area contributed by atoms with Crippen LogP contribution in [0.1, 0.15) is 16.2 Å². The number of imidazole rings is 1. The van der Waals surface area contributed by atoms with E-state index in [1.807, 2.05) is 54.5 Å². The number of carbonyl (C=O) groups is 1. The van der Waals surface area contributed by atoms with Gasteiger partial charge in [-0.15, -0.1) is 0 Å². The van der Waals surface area contributed by atoms with Crippen LogP contribution in [0.5, 0.6) is 0 Å². The summed E-state index contributed by atoms with van der Waals surface area (Å²) < 4.78 is 3.71. The van der Waals surface area contributed by atoms with Crippen molar-refractivity contribution in [3.63, 3.8) is 0 Å². The molecule has 3 aromatic rings. The van der Waals surface area contributed by atoms with Crippen molar-refractivity contribution in [2.75, 3.05) is 26.0 Å². The highest BCUT2D eigenvalue weighted by molar-refractivity contribution is 6.03. The molecule has 0 aromatic carbocycles. The summed E-state index contributed by atoms with van der Waals surface area (Å²) in [5.41, 5.74) is 2.85. The third-order valence-electron chi connectivity index (χ3n) is 3.60. The van der Waals surface area contributed by atoms with Gasteiger partial charge in [0.1, 0.15) is 11.3 Å². The molecule has 3 heterocycles. The molecule has 0 atom stereocenters. The van der Waals surface area contributed by atoms with Gasteiger partial charge in [-0.1, -0.05) is 6.07 Å². The third kappa shape index (κ3) is 3.40. The van der Waals surface area contributed by atoms with Crippen LogP contribution in [0.3, 0.4) is 0 Å². The third-order valence-corrected chi connectivity index (χ3v) is 3.60. The summed E-state index contributed by atoms with van der Waals surface area (Å²) in [4.78, 5) is 18.8. The first-order chi connectivity index (χ1) is 11.0. The Bertz CT molecular complexity index is 832. The highest BCUT2D eigenvalue weighted by Gasteiger charge is 2.12. The van der Waals surface area contributed by atoms with Gasteiger partial charge in [-0.05, 0) is 33.2 Å². The zero-order valence-electron chi connectivity index (χ0n) is 13.5. The molecular weight excluding hydrogens is 292 g/mol. The van der Waals surface area contributed by atoms with Gasteiger partial charge in [0, 0.05) is 24.6 Å². The SMILES string of the molecule is Cc1cccc2nc(C(=O)Nc3cnn(CCN(C)C)c3)cn12. The van der Waals surface area contributed by atoms with Crippen LogP contribution < -0.4 is 5.32 Å². The van der Waals surface area contributed by atoms with E-state index in [2.05, 4.69) is 20.3 Å². The fourth-order valence-electron chi connectivity index (χ4n) is 2.31. The molecular formula is C16H20N6O. The van der Waals surface area contributed by atoms with E-state index in [1.54, 1.807) is 12.4 Å². The second-order valence-corrected chi connectivity index (χ2v) is 5.77. The Kier molecular flexibility index (Phi) is 4.12. The van der Waals surface area contributed by atoms with E-state index in [0.717, 1.165) is 24.4 Å². The molecule has 23 heavy (non-hydrogen) atoms. The van der Waals surface area contributed by atoms with Gasteiger partial charge in [-0.25, -0.2) is 4.98 Å². The van der Waals surface area contributed by atoms with Gasteiger partial charge < -0.3 is 14.6 Å². The van der Waals surface area contributed by atoms with Crippen LogP contribution in [-0.4, -0.2) is 50.6 Å². The number of hydrogen-bond donors (Lipinski definition) is 1. The maximum Gasteiger partial charge on any atom is 0.275 e. The number of rotatable bonds is 5. The molecule has 0 aliphatic heterocycles. The van der Waals surface area contributed by atoms with Gasteiger partial charge in [-0.3, -0.25) is 9.48 Å². The molecule has 7 nitrogen and oxygen atoms in total. The number of aryl methyl sites for hydroxylation is 1. The van der Waals surface area contributed by atoms with Gasteiger partial charge in [0.05, 0.1) is 18.4 Å². The first-order valence-electron chi connectivity index (χ1n) is 7.46. The van der Waals surface area contributed by atoms with Gasteiger partial charge in [-0.2, -0.15) is 5.10 Å². The van der Waals surface area contributed by atoms with Gasteiger partial charge in [0.15, 0.2) is 0 Å². The summed E-state index contributed by atoms with van der Waals surface area (Å²) in [6.45, 7) is 3.64. The molecule has 0 saturated heterocycles. The zero-order chi connectivity index (χ0) is 16.4. The molecule has 0 bridgehead atoms. The van der Waals surface area contributed by atoms with E-state index in [-0.39, 0.29) is 5.91 Å². The zero-order valence-corrected chi connectivity index (χ0v) is 13.5. The van der Waals surface area contributed by atoms with Crippen LogP contribution in [0, 0.1) is 6.92 Å². The number of nitrogens with zero attached hydrogens (tertiary/aromatic N) is 5. The Morgan fingerprint density at radius 1 is 1.30 bits per heavy atom. The summed E-state index contributed by atoms with van der Waals surface area (Å²) in [5.74, 6) is -0.236. The summed E-state index contributed by atoms with van der Waals surface area (Å²) in [5, 5.41) is 7.08. The maximum absolute atomic E-state index is 12.3. The topological polar surface area (TPSA) is 67.5 Å². The van der Waals surface area contributed by atoms with Crippen molar-refractivity contribution < 1.29 is 4.79 Å². The first-order valence-corrected chi connectivity index (χ1v) is 7.46. The van der Waals surface area contributed by atoms with Gasteiger partial charge >= 0.3 is 0 Å². The van der Waals surface area contributed by atoms with Gasteiger partial charge in [0.2, 0.25) is 0 Å². The molecule has 0 spiro atoms. The molecule has 0 radical (unpaired) electrons. The Morgan fingerprint density at radius 3 is 2.87 bits per heavy atom. The number of anilines is 1. The number of likely N-dealkylation sites (N-methyl/N-ethyl adjacent to an activating group) is 1. The number of amides is 1. The number of nitrogens with one attached hydrogen (secondary N) is 1.